The molecule has 39 heavy (non-hydrogen) atoms. The van der Waals surface area contributed by atoms with E-state index in [0.29, 0.717) is 34.9 Å². The number of nitrogens with zero attached hydrogens (tertiary/aromatic N) is 3. The molecule has 1 atom stereocenters. The lowest BCUT2D eigenvalue weighted by Crippen LogP contribution is -2.45. The Kier molecular flexibility index (Phi) is 10.3. The quantitative estimate of drug-likeness (QED) is 0.321. The number of methoxy groups -OCH3 is 1. The summed E-state index contributed by atoms with van der Waals surface area (Å²) in [5, 5.41) is 9.71. The van der Waals surface area contributed by atoms with Gasteiger partial charge in [0.2, 0.25) is 0 Å². The molecule has 1 heterocycles. The monoisotopic (exact) mass is 555 g/mol. The minimum atomic E-state index is -1.12. The van der Waals surface area contributed by atoms with Crippen LogP contribution in [0.15, 0.2) is 59.4 Å². The van der Waals surface area contributed by atoms with Crippen LogP contribution in [-0.4, -0.2) is 51.0 Å². The maximum atomic E-state index is 13.0. The van der Waals surface area contributed by atoms with Crippen molar-refractivity contribution in [3.05, 3.63) is 81.0 Å². The van der Waals surface area contributed by atoms with Crippen LogP contribution in [0.3, 0.4) is 0 Å². The van der Waals surface area contributed by atoms with Crippen molar-refractivity contribution >= 4 is 24.3 Å². The number of hydrogen-bond acceptors (Lipinski definition) is 7. The van der Waals surface area contributed by atoms with Gasteiger partial charge in [0.05, 0.1) is 13.7 Å². The predicted molar refractivity (Wildman–Crippen MR) is 148 cm³/mol. The van der Waals surface area contributed by atoms with E-state index < -0.39 is 18.1 Å². The molecule has 0 bridgehead atoms. The van der Waals surface area contributed by atoms with Gasteiger partial charge in [-0.25, -0.2) is 9.59 Å². The second-order valence-corrected chi connectivity index (χ2v) is 9.09. The van der Waals surface area contributed by atoms with Gasteiger partial charge in [0.1, 0.15) is 29.9 Å². The van der Waals surface area contributed by atoms with Gasteiger partial charge in [0.15, 0.2) is 4.77 Å². The van der Waals surface area contributed by atoms with Crippen molar-refractivity contribution in [1.82, 2.24) is 14.0 Å². The summed E-state index contributed by atoms with van der Waals surface area (Å²) in [6.07, 6.45) is -0.572. The molecule has 3 aromatic rings. The van der Waals surface area contributed by atoms with Crippen LogP contribution < -0.4 is 19.8 Å². The van der Waals surface area contributed by atoms with Crippen molar-refractivity contribution in [3.63, 3.8) is 0 Å². The van der Waals surface area contributed by atoms with Gasteiger partial charge in [0, 0.05) is 24.8 Å². The topological polar surface area (TPSA) is 112 Å². The Bertz CT molecular complexity index is 1400. The summed E-state index contributed by atoms with van der Waals surface area (Å²) >= 11 is 5.46. The SMILES string of the molecule is CCC(C(=O)O)N(Cc1ccc(OCCn2c(=O)cc(C)n(CC)c2=S)cc1)C(=O)Oc1ccc(OC)cc1. The first kappa shape index (κ1) is 29.4. The molecule has 0 radical (unpaired) electrons. The third kappa shape index (κ3) is 7.47. The number of amides is 1. The fourth-order valence-corrected chi connectivity index (χ4v) is 4.55. The standard InChI is InChI=1S/C28H33N3O7S/c1-5-24(26(33)34)31(28(35)38-23-13-11-21(36-4)12-14-23)18-20-7-9-22(10-8-20)37-16-15-30-25(32)17-19(3)29(6-2)27(30)39/h7-14,17,24H,5-6,15-16,18H2,1-4H3,(H,33,34). The summed E-state index contributed by atoms with van der Waals surface area (Å²) in [6, 6.07) is 13.9. The Balaban J connectivity index is 1.68. The molecule has 1 unspecified atom stereocenters. The maximum absolute atomic E-state index is 13.0. The Labute approximate surface area is 232 Å². The number of benzene rings is 2. The molecular weight excluding hydrogens is 522 g/mol. The van der Waals surface area contributed by atoms with Gasteiger partial charge in [-0.05, 0) is 74.4 Å². The molecule has 3 rings (SSSR count). The maximum Gasteiger partial charge on any atom is 0.416 e. The zero-order valence-electron chi connectivity index (χ0n) is 22.5. The molecule has 0 aliphatic rings. The molecular formula is C28H33N3O7S. The first-order valence-electron chi connectivity index (χ1n) is 12.6. The number of aryl methyl sites for hydroxylation is 1. The summed E-state index contributed by atoms with van der Waals surface area (Å²) < 4.78 is 20.2. The zero-order valence-corrected chi connectivity index (χ0v) is 23.3. The third-order valence-electron chi connectivity index (χ3n) is 6.21. The molecule has 208 valence electrons. The van der Waals surface area contributed by atoms with Crippen molar-refractivity contribution in [2.45, 2.75) is 52.9 Å². The largest absolute Gasteiger partial charge is 0.497 e. The van der Waals surface area contributed by atoms with E-state index in [2.05, 4.69) is 0 Å². The Morgan fingerprint density at radius 3 is 2.18 bits per heavy atom. The van der Waals surface area contributed by atoms with Crippen LogP contribution in [0.25, 0.3) is 0 Å². The van der Waals surface area contributed by atoms with Gasteiger partial charge in [-0.15, -0.1) is 0 Å². The fraction of sp³-hybridized carbons (Fsp3) is 0.357. The summed E-state index contributed by atoms with van der Waals surface area (Å²) in [7, 11) is 1.53. The molecule has 0 spiro atoms. The predicted octanol–water partition coefficient (Wildman–Crippen LogP) is 4.66. The number of carbonyl (C=O) groups is 2. The van der Waals surface area contributed by atoms with Crippen LogP contribution in [0.1, 0.15) is 31.5 Å². The number of aliphatic carboxylic acids is 1. The summed E-state index contributed by atoms with van der Waals surface area (Å²) in [6.45, 7) is 6.72. The average Bonchev–Trinajstić information content (AvgIpc) is 2.91. The number of carboxylic acid groups (broad SMARTS) is 1. The van der Waals surface area contributed by atoms with E-state index in [1.165, 1.54) is 16.6 Å². The number of hydrogen-bond donors (Lipinski definition) is 1. The third-order valence-corrected chi connectivity index (χ3v) is 6.65. The highest BCUT2D eigenvalue weighted by Crippen LogP contribution is 2.21. The number of ether oxygens (including phenoxy) is 3. The lowest BCUT2D eigenvalue weighted by atomic mass is 10.1. The molecule has 11 heteroatoms. The van der Waals surface area contributed by atoms with Gasteiger partial charge in [0.25, 0.3) is 5.56 Å². The van der Waals surface area contributed by atoms with E-state index in [4.69, 9.17) is 26.4 Å². The van der Waals surface area contributed by atoms with Crippen molar-refractivity contribution in [3.8, 4) is 17.2 Å². The van der Waals surface area contributed by atoms with Crippen LogP contribution >= 0.6 is 12.2 Å². The smallest absolute Gasteiger partial charge is 0.416 e. The molecule has 0 saturated heterocycles. The number of carboxylic acids is 1. The highest BCUT2D eigenvalue weighted by molar-refractivity contribution is 7.71. The summed E-state index contributed by atoms with van der Waals surface area (Å²) in [5.41, 5.74) is 1.34. The van der Waals surface area contributed by atoms with E-state index >= 15 is 0 Å². The Morgan fingerprint density at radius 2 is 1.62 bits per heavy atom. The van der Waals surface area contributed by atoms with Crippen molar-refractivity contribution in [2.24, 2.45) is 0 Å². The lowest BCUT2D eigenvalue weighted by Gasteiger charge is -2.27. The molecule has 1 aromatic heterocycles. The lowest BCUT2D eigenvalue weighted by molar-refractivity contribution is -0.142. The molecule has 0 fully saturated rings. The van der Waals surface area contributed by atoms with Crippen LogP contribution in [0.4, 0.5) is 4.79 Å². The minimum Gasteiger partial charge on any atom is -0.497 e. The normalized spacial score (nSPS) is 11.5. The molecule has 2 aromatic carbocycles. The van der Waals surface area contributed by atoms with Crippen LogP contribution in [0.2, 0.25) is 0 Å². The number of carbonyl (C=O) groups excluding carboxylic acids is 1. The van der Waals surface area contributed by atoms with Crippen LogP contribution in [0, 0.1) is 11.7 Å². The Hall–Kier alpha value is -4.12. The highest BCUT2D eigenvalue weighted by atomic mass is 32.1. The summed E-state index contributed by atoms with van der Waals surface area (Å²) in [4.78, 5) is 38.4. The second kappa shape index (κ2) is 13.6. The van der Waals surface area contributed by atoms with Crippen molar-refractivity contribution in [2.75, 3.05) is 13.7 Å². The van der Waals surface area contributed by atoms with E-state index in [0.717, 1.165) is 5.69 Å². The minimum absolute atomic E-state index is 0.0230. The molecule has 0 saturated carbocycles. The first-order chi connectivity index (χ1) is 18.7. The Morgan fingerprint density at radius 1 is 1.00 bits per heavy atom. The molecule has 0 aliphatic heterocycles. The summed E-state index contributed by atoms with van der Waals surface area (Å²) in [5.74, 6) is 0.312. The molecule has 1 amide bonds. The zero-order chi connectivity index (χ0) is 28.5. The molecule has 1 N–H and O–H groups in total. The van der Waals surface area contributed by atoms with E-state index in [9.17, 15) is 19.5 Å². The van der Waals surface area contributed by atoms with Gasteiger partial charge < -0.3 is 23.9 Å². The van der Waals surface area contributed by atoms with Crippen molar-refractivity contribution < 1.29 is 28.9 Å². The van der Waals surface area contributed by atoms with Gasteiger partial charge in [-0.3, -0.25) is 14.3 Å². The average molecular weight is 556 g/mol. The van der Waals surface area contributed by atoms with Gasteiger partial charge in [-0.2, -0.15) is 0 Å². The highest BCUT2D eigenvalue weighted by Gasteiger charge is 2.30. The second-order valence-electron chi connectivity index (χ2n) is 8.73. The van der Waals surface area contributed by atoms with Crippen molar-refractivity contribution in [1.29, 1.82) is 0 Å². The fourth-order valence-electron chi connectivity index (χ4n) is 4.09. The van der Waals surface area contributed by atoms with Gasteiger partial charge in [-0.1, -0.05) is 19.1 Å². The number of aromatic nitrogens is 2. The van der Waals surface area contributed by atoms with Gasteiger partial charge >= 0.3 is 12.1 Å². The number of rotatable bonds is 12. The first-order valence-corrected chi connectivity index (χ1v) is 13.0. The van der Waals surface area contributed by atoms with E-state index in [1.54, 1.807) is 61.5 Å². The molecule has 0 aliphatic carbocycles. The van der Waals surface area contributed by atoms with Crippen LogP contribution in [-0.2, 0) is 24.4 Å². The van der Waals surface area contributed by atoms with E-state index in [1.807, 2.05) is 18.4 Å². The van der Waals surface area contributed by atoms with E-state index in [-0.39, 0.29) is 30.9 Å². The molecule has 10 nitrogen and oxygen atoms in total. The van der Waals surface area contributed by atoms with Crippen LogP contribution in [0.5, 0.6) is 17.2 Å².